The van der Waals surface area contributed by atoms with Crippen molar-refractivity contribution in [2.24, 2.45) is 5.92 Å². The summed E-state index contributed by atoms with van der Waals surface area (Å²) in [6.45, 7) is 6.24. The van der Waals surface area contributed by atoms with Gasteiger partial charge in [0.1, 0.15) is 5.69 Å². The van der Waals surface area contributed by atoms with Gasteiger partial charge >= 0.3 is 0 Å². The minimum atomic E-state index is -0.441. The molecule has 1 aliphatic rings. The highest BCUT2D eigenvalue weighted by molar-refractivity contribution is 5.95. The maximum atomic E-state index is 12.3. The molecule has 1 saturated carbocycles. The number of nitrogens with zero attached hydrogens (tertiary/aromatic N) is 1. The first-order valence-corrected chi connectivity index (χ1v) is 8.22. The lowest BCUT2D eigenvalue weighted by atomic mass is 10.0. The average molecular weight is 319 g/mol. The number of rotatable bonds is 8. The van der Waals surface area contributed by atoms with Crippen LogP contribution in [0.4, 0.5) is 11.4 Å². The van der Waals surface area contributed by atoms with Crippen LogP contribution in [-0.4, -0.2) is 22.9 Å². The van der Waals surface area contributed by atoms with Crippen LogP contribution in [0.25, 0.3) is 0 Å². The van der Waals surface area contributed by atoms with Crippen LogP contribution in [0.2, 0.25) is 0 Å². The number of hydrogen-bond donors (Lipinski definition) is 2. The van der Waals surface area contributed by atoms with E-state index in [1.165, 1.54) is 6.07 Å². The van der Waals surface area contributed by atoms with Crippen molar-refractivity contribution in [3.8, 4) is 0 Å². The summed E-state index contributed by atoms with van der Waals surface area (Å²) in [4.78, 5) is 23.1. The minimum Gasteiger partial charge on any atom is -0.377 e. The molecule has 0 aromatic heterocycles. The van der Waals surface area contributed by atoms with Crippen molar-refractivity contribution < 1.29 is 9.72 Å². The maximum Gasteiger partial charge on any atom is 0.293 e. The predicted octanol–water partition coefficient (Wildman–Crippen LogP) is 3.72. The van der Waals surface area contributed by atoms with E-state index in [2.05, 4.69) is 24.5 Å². The highest BCUT2D eigenvalue weighted by atomic mass is 16.6. The Morgan fingerprint density at radius 2 is 2.00 bits per heavy atom. The summed E-state index contributed by atoms with van der Waals surface area (Å²) in [7, 11) is 0. The number of carbonyl (C=O) groups excluding carboxylic acids is 1. The first-order valence-electron chi connectivity index (χ1n) is 8.22. The maximum absolute atomic E-state index is 12.3. The summed E-state index contributed by atoms with van der Waals surface area (Å²) < 4.78 is 0. The third kappa shape index (κ3) is 5.23. The Hall–Kier alpha value is -2.11. The van der Waals surface area contributed by atoms with Crippen LogP contribution >= 0.6 is 0 Å². The lowest BCUT2D eigenvalue weighted by molar-refractivity contribution is -0.384. The Morgan fingerprint density at radius 3 is 2.57 bits per heavy atom. The van der Waals surface area contributed by atoms with Crippen molar-refractivity contribution in [2.45, 2.75) is 58.5 Å². The van der Waals surface area contributed by atoms with Gasteiger partial charge in [-0.1, -0.05) is 13.8 Å². The van der Waals surface area contributed by atoms with Gasteiger partial charge in [-0.2, -0.15) is 0 Å². The lowest BCUT2D eigenvalue weighted by Crippen LogP contribution is -2.32. The largest absolute Gasteiger partial charge is 0.377 e. The number of nitro groups is 1. The summed E-state index contributed by atoms with van der Waals surface area (Å²) in [6.07, 6.45) is 4.00. The fourth-order valence-electron chi connectivity index (χ4n) is 2.36. The molecule has 0 heterocycles. The van der Waals surface area contributed by atoms with Gasteiger partial charge in [0.05, 0.1) is 4.92 Å². The Morgan fingerprint density at radius 1 is 1.30 bits per heavy atom. The number of benzene rings is 1. The van der Waals surface area contributed by atoms with E-state index in [-0.39, 0.29) is 17.6 Å². The van der Waals surface area contributed by atoms with Crippen LogP contribution in [0.15, 0.2) is 18.2 Å². The molecule has 1 amide bonds. The number of nitrogens with one attached hydrogen (secondary N) is 2. The van der Waals surface area contributed by atoms with E-state index in [1.54, 1.807) is 12.1 Å². The molecule has 0 radical (unpaired) electrons. The second kappa shape index (κ2) is 7.44. The summed E-state index contributed by atoms with van der Waals surface area (Å²) in [5.41, 5.74) is 0.774. The second-order valence-electron chi connectivity index (χ2n) is 6.75. The van der Waals surface area contributed by atoms with E-state index < -0.39 is 4.92 Å². The normalized spacial score (nSPS) is 15.3. The van der Waals surface area contributed by atoms with Crippen LogP contribution in [0, 0.1) is 16.0 Å². The fourth-order valence-corrected chi connectivity index (χ4v) is 2.36. The Balaban J connectivity index is 2.04. The minimum absolute atomic E-state index is 0.0422. The van der Waals surface area contributed by atoms with Crippen LogP contribution in [0.3, 0.4) is 0 Å². The zero-order valence-corrected chi connectivity index (χ0v) is 14.0. The van der Waals surface area contributed by atoms with Crippen molar-refractivity contribution >= 4 is 17.3 Å². The predicted molar refractivity (Wildman–Crippen MR) is 90.7 cm³/mol. The van der Waals surface area contributed by atoms with E-state index in [4.69, 9.17) is 0 Å². The van der Waals surface area contributed by atoms with Crippen LogP contribution in [0.5, 0.6) is 0 Å². The van der Waals surface area contributed by atoms with E-state index in [0.29, 0.717) is 23.2 Å². The van der Waals surface area contributed by atoms with E-state index >= 15 is 0 Å². The number of anilines is 1. The molecule has 1 aliphatic carbocycles. The van der Waals surface area contributed by atoms with Crippen molar-refractivity contribution in [1.29, 1.82) is 0 Å². The standard InChI is InChI=1S/C17H25N3O3/c1-11(2)4-5-12(3)18-17(21)13-6-9-15(19-14-7-8-14)16(10-13)20(22)23/h6,9-12,14,19H,4-5,7-8H2,1-3H3,(H,18,21). The molecule has 1 atom stereocenters. The van der Waals surface area contributed by atoms with Crippen LogP contribution < -0.4 is 10.6 Å². The highest BCUT2D eigenvalue weighted by Crippen LogP contribution is 2.31. The third-order valence-electron chi connectivity index (χ3n) is 3.95. The molecule has 6 nitrogen and oxygen atoms in total. The summed E-state index contributed by atoms with van der Waals surface area (Å²) >= 11 is 0. The second-order valence-corrected chi connectivity index (χ2v) is 6.75. The van der Waals surface area contributed by atoms with Gasteiger partial charge in [-0.15, -0.1) is 0 Å². The average Bonchev–Trinajstić information content (AvgIpc) is 3.29. The number of nitro benzene ring substituents is 1. The summed E-state index contributed by atoms with van der Waals surface area (Å²) in [5.74, 6) is 0.325. The summed E-state index contributed by atoms with van der Waals surface area (Å²) in [6, 6.07) is 5.00. The van der Waals surface area contributed by atoms with Crippen LogP contribution in [0.1, 0.15) is 56.8 Å². The molecule has 1 fully saturated rings. The zero-order chi connectivity index (χ0) is 17.0. The molecule has 1 unspecified atom stereocenters. The molecular weight excluding hydrogens is 294 g/mol. The highest BCUT2D eigenvalue weighted by Gasteiger charge is 2.25. The molecule has 2 N–H and O–H groups in total. The SMILES string of the molecule is CC(C)CCC(C)NC(=O)c1ccc(NC2CC2)c([N+](=O)[O-])c1. The Bertz CT molecular complexity index is 582. The number of hydrogen-bond acceptors (Lipinski definition) is 4. The van der Waals surface area contributed by atoms with Crippen molar-refractivity contribution in [3.05, 3.63) is 33.9 Å². The van der Waals surface area contributed by atoms with Gasteiger partial charge < -0.3 is 10.6 Å². The Kier molecular flexibility index (Phi) is 5.58. The first-order chi connectivity index (χ1) is 10.9. The van der Waals surface area contributed by atoms with Gasteiger partial charge in [0, 0.05) is 23.7 Å². The smallest absolute Gasteiger partial charge is 0.293 e. The van der Waals surface area contributed by atoms with E-state index in [0.717, 1.165) is 25.7 Å². The van der Waals surface area contributed by atoms with Crippen molar-refractivity contribution in [1.82, 2.24) is 5.32 Å². The molecule has 126 valence electrons. The van der Waals surface area contributed by atoms with Gasteiger partial charge in [0.2, 0.25) is 0 Å². The molecule has 1 aromatic carbocycles. The summed E-state index contributed by atoms with van der Waals surface area (Å²) in [5, 5.41) is 17.3. The Labute approximate surface area is 136 Å². The molecule has 0 bridgehead atoms. The van der Waals surface area contributed by atoms with Gasteiger partial charge in [-0.25, -0.2) is 0 Å². The third-order valence-corrected chi connectivity index (χ3v) is 3.95. The lowest BCUT2D eigenvalue weighted by Gasteiger charge is -2.15. The fraction of sp³-hybridized carbons (Fsp3) is 0.588. The molecular formula is C17H25N3O3. The van der Waals surface area contributed by atoms with Crippen molar-refractivity contribution in [2.75, 3.05) is 5.32 Å². The van der Waals surface area contributed by atoms with Gasteiger partial charge in [0.25, 0.3) is 11.6 Å². The molecule has 1 aromatic rings. The number of amides is 1. The molecule has 0 aliphatic heterocycles. The number of carbonyl (C=O) groups is 1. The van der Waals surface area contributed by atoms with E-state index in [9.17, 15) is 14.9 Å². The quantitative estimate of drug-likeness (QED) is 0.565. The monoisotopic (exact) mass is 319 g/mol. The first kappa shape index (κ1) is 17.2. The topological polar surface area (TPSA) is 84.3 Å². The van der Waals surface area contributed by atoms with E-state index in [1.807, 2.05) is 6.92 Å². The molecule has 23 heavy (non-hydrogen) atoms. The van der Waals surface area contributed by atoms with Gasteiger partial charge in [0.15, 0.2) is 0 Å². The molecule has 0 saturated heterocycles. The molecule has 6 heteroatoms. The molecule has 2 rings (SSSR count). The molecule has 0 spiro atoms. The van der Waals surface area contributed by atoms with Gasteiger partial charge in [-0.3, -0.25) is 14.9 Å². The van der Waals surface area contributed by atoms with Crippen LogP contribution in [-0.2, 0) is 0 Å². The zero-order valence-electron chi connectivity index (χ0n) is 14.0. The van der Waals surface area contributed by atoms with Gasteiger partial charge in [-0.05, 0) is 50.7 Å². The van der Waals surface area contributed by atoms with Crippen molar-refractivity contribution in [3.63, 3.8) is 0 Å².